The van der Waals surface area contributed by atoms with Gasteiger partial charge < -0.3 is 9.47 Å². The molecule has 0 aliphatic carbocycles. The molecule has 2 aromatic rings. The zero-order chi connectivity index (χ0) is 21.1. The summed E-state index contributed by atoms with van der Waals surface area (Å²) in [6, 6.07) is 23.3. The highest BCUT2D eigenvalue weighted by molar-refractivity contribution is 5.46. The number of ether oxygens (including phenoxy) is 2. The third-order valence-corrected chi connectivity index (χ3v) is 6.07. The molecule has 4 rings (SSSR count). The van der Waals surface area contributed by atoms with Crippen LogP contribution in [0.1, 0.15) is 43.7 Å². The van der Waals surface area contributed by atoms with Gasteiger partial charge in [-0.05, 0) is 43.7 Å². The van der Waals surface area contributed by atoms with Crippen LogP contribution in [0.3, 0.4) is 0 Å². The molecule has 0 aromatic heterocycles. The summed E-state index contributed by atoms with van der Waals surface area (Å²) in [5, 5.41) is 10.2. The largest absolute Gasteiger partial charge is 0.381 e. The Morgan fingerprint density at radius 1 is 0.833 bits per heavy atom. The third kappa shape index (κ3) is 5.92. The average Bonchev–Trinajstić information content (AvgIpc) is 2.85. The first-order valence-corrected chi connectivity index (χ1v) is 11.2. The van der Waals surface area contributed by atoms with Crippen LogP contribution in [-0.2, 0) is 14.9 Å². The first-order chi connectivity index (χ1) is 14.8. The van der Waals surface area contributed by atoms with Crippen molar-refractivity contribution >= 4 is 0 Å². The molecule has 2 fully saturated rings. The lowest BCUT2D eigenvalue weighted by Crippen LogP contribution is -2.45. The second kappa shape index (κ2) is 11.9. The van der Waals surface area contributed by atoms with Gasteiger partial charge >= 0.3 is 0 Å². The minimum atomic E-state index is -0.625. The first kappa shape index (κ1) is 22.5. The van der Waals surface area contributed by atoms with Gasteiger partial charge in [0.25, 0.3) is 0 Å². The fourth-order valence-electron chi connectivity index (χ4n) is 4.30. The molecule has 4 heteroatoms. The molecule has 0 radical (unpaired) electrons. The highest BCUT2D eigenvalue weighted by atomic mass is 16.5. The molecule has 2 aromatic carbocycles. The summed E-state index contributed by atoms with van der Waals surface area (Å²) in [5.74, 6) is 0. The van der Waals surface area contributed by atoms with Gasteiger partial charge in [0, 0.05) is 32.3 Å². The summed E-state index contributed by atoms with van der Waals surface area (Å²) in [7, 11) is 0. The van der Waals surface area contributed by atoms with E-state index < -0.39 is 5.41 Å². The second-order valence-corrected chi connectivity index (χ2v) is 8.12. The van der Waals surface area contributed by atoms with Crippen molar-refractivity contribution in [2.45, 2.75) is 44.1 Å². The molecule has 0 saturated carbocycles. The maximum absolute atomic E-state index is 10.2. The monoisotopic (exact) mass is 406 g/mol. The average molecular weight is 407 g/mol. The number of nitrogens with zero attached hydrogens (tertiary/aromatic N) is 2. The van der Waals surface area contributed by atoms with Gasteiger partial charge in [0.05, 0.1) is 19.3 Å². The molecule has 4 nitrogen and oxygen atoms in total. The molecular formula is C26H34N2O2. The molecule has 0 amide bonds. The van der Waals surface area contributed by atoms with Gasteiger partial charge in [-0.2, -0.15) is 5.26 Å². The van der Waals surface area contributed by atoms with Crippen LogP contribution in [0.2, 0.25) is 0 Å². The maximum Gasteiger partial charge on any atom is 0.109 e. The lowest BCUT2D eigenvalue weighted by Gasteiger charge is -2.37. The first-order valence-electron chi connectivity index (χ1n) is 11.2. The van der Waals surface area contributed by atoms with Crippen LogP contribution < -0.4 is 0 Å². The Labute approximate surface area is 181 Å². The van der Waals surface area contributed by atoms with E-state index in [1.165, 1.54) is 19.3 Å². The summed E-state index contributed by atoms with van der Waals surface area (Å²) in [5.41, 5.74) is 1.51. The molecule has 0 N–H and O–H groups in total. The van der Waals surface area contributed by atoms with E-state index in [2.05, 4.69) is 42.2 Å². The zero-order valence-corrected chi connectivity index (χ0v) is 18.1. The number of hydrogen-bond acceptors (Lipinski definition) is 4. The summed E-state index contributed by atoms with van der Waals surface area (Å²) in [6.07, 6.45) is 4.71. The Kier molecular flexibility index (Phi) is 8.89. The van der Waals surface area contributed by atoms with E-state index in [0.29, 0.717) is 6.04 Å². The minimum absolute atomic E-state index is 0.314. The van der Waals surface area contributed by atoms with E-state index in [9.17, 15) is 5.26 Å². The van der Waals surface area contributed by atoms with Crippen LogP contribution >= 0.6 is 0 Å². The van der Waals surface area contributed by atoms with Crippen molar-refractivity contribution in [2.75, 3.05) is 39.5 Å². The van der Waals surface area contributed by atoms with E-state index in [4.69, 9.17) is 9.47 Å². The molecule has 2 aliphatic heterocycles. The Bertz CT molecular complexity index is 712. The summed E-state index contributed by atoms with van der Waals surface area (Å²) >= 11 is 0. The van der Waals surface area contributed by atoms with Gasteiger partial charge in [0.15, 0.2) is 0 Å². The quantitative estimate of drug-likeness (QED) is 0.716. The van der Waals surface area contributed by atoms with Gasteiger partial charge in [0.2, 0.25) is 0 Å². The van der Waals surface area contributed by atoms with Crippen LogP contribution in [0.5, 0.6) is 0 Å². The van der Waals surface area contributed by atoms with E-state index in [1.807, 2.05) is 36.4 Å². The van der Waals surface area contributed by atoms with E-state index >= 15 is 0 Å². The van der Waals surface area contributed by atoms with Crippen LogP contribution in [0.4, 0.5) is 0 Å². The number of rotatable bonds is 5. The van der Waals surface area contributed by atoms with Crippen LogP contribution in [0, 0.1) is 11.3 Å². The zero-order valence-electron chi connectivity index (χ0n) is 18.1. The van der Waals surface area contributed by atoms with Crippen LogP contribution in [0.25, 0.3) is 0 Å². The van der Waals surface area contributed by atoms with Crippen molar-refractivity contribution in [3.05, 3.63) is 71.8 Å². The third-order valence-electron chi connectivity index (χ3n) is 6.07. The Morgan fingerprint density at radius 2 is 1.33 bits per heavy atom. The Morgan fingerprint density at radius 3 is 1.73 bits per heavy atom. The molecule has 2 heterocycles. The van der Waals surface area contributed by atoms with Gasteiger partial charge in [-0.15, -0.1) is 0 Å². The molecule has 1 atom stereocenters. The summed E-state index contributed by atoms with van der Waals surface area (Å²) < 4.78 is 10.5. The highest BCUT2D eigenvalue weighted by Gasteiger charge is 2.37. The molecule has 160 valence electrons. The molecule has 2 saturated heterocycles. The van der Waals surface area contributed by atoms with Crippen LogP contribution in [0.15, 0.2) is 60.7 Å². The molecule has 0 bridgehead atoms. The Hall–Kier alpha value is -2.19. The maximum atomic E-state index is 10.2. The van der Waals surface area contributed by atoms with Crippen molar-refractivity contribution in [1.82, 2.24) is 4.90 Å². The number of benzene rings is 2. The van der Waals surface area contributed by atoms with E-state index in [1.54, 1.807) is 0 Å². The standard InChI is InChI=1S/C21H24N2O.C5H10O/c1-18(23-12-14-24-15-13-23)16-21(17-22,19-8-4-2-5-9-19)20-10-6-3-7-11-20;1-2-4-6-5-3-1/h2-11,18H,12-16H2,1H3;1-5H2. The number of morpholine rings is 1. The fourth-order valence-corrected chi connectivity index (χ4v) is 4.30. The van der Waals surface area contributed by atoms with Gasteiger partial charge in [-0.3, -0.25) is 4.90 Å². The van der Waals surface area contributed by atoms with Crippen molar-refractivity contribution in [3.8, 4) is 6.07 Å². The van der Waals surface area contributed by atoms with Crippen molar-refractivity contribution in [1.29, 1.82) is 5.26 Å². The lowest BCUT2D eigenvalue weighted by molar-refractivity contribution is 0.0164. The topological polar surface area (TPSA) is 45.5 Å². The second-order valence-electron chi connectivity index (χ2n) is 8.12. The van der Waals surface area contributed by atoms with Crippen molar-refractivity contribution in [2.24, 2.45) is 0 Å². The predicted molar refractivity (Wildman–Crippen MR) is 120 cm³/mol. The number of hydrogen-bond donors (Lipinski definition) is 0. The minimum Gasteiger partial charge on any atom is -0.381 e. The van der Waals surface area contributed by atoms with Gasteiger partial charge in [0.1, 0.15) is 5.41 Å². The SMILES string of the molecule is C1CCOCC1.CC(CC(C#N)(c1ccccc1)c1ccccc1)N1CCOCC1. The van der Waals surface area contributed by atoms with E-state index in [-0.39, 0.29) is 0 Å². The molecular weight excluding hydrogens is 372 g/mol. The fraction of sp³-hybridized carbons (Fsp3) is 0.500. The lowest BCUT2D eigenvalue weighted by atomic mass is 9.71. The normalized spacial score (nSPS) is 18.5. The molecule has 1 unspecified atom stereocenters. The molecule has 2 aliphatic rings. The van der Waals surface area contributed by atoms with E-state index in [0.717, 1.165) is 57.1 Å². The van der Waals surface area contributed by atoms with Crippen molar-refractivity contribution in [3.63, 3.8) is 0 Å². The smallest absolute Gasteiger partial charge is 0.109 e. The summed E-state index contributed by atoms with van der Waals surface area (Å²) in [4.78, 5) is 2.43. The number of nitriles is 1. The highest BCUT2D eigenvalue weighted by Crippen LogP contribution is 2.37. The Balaban J connectivity index is 0.000000367. The summed E-state index contributed by atoms with van der Waals surface area (Å²) in [6.45, 7) is 7.66. The van der Waals surface area contributed by atoms with Gasteiger partial charge in [-0.25, -0.2) is 0 Å². The van der Waals surface area contributed by atoms with Gasteiger partial charge in [-0.1, -0.05) is 60.7 Å². The molecule has 30 heavy (non-hydrogen) atoms. The molecule has 0 spiro atoms. The van der Waals surface area contributed by atoms with Crippen LogP contribution in [-0.4, -0.2) is 50.5 Å². The predicted octanol–water partition coefficient (Wildman–Crippen LogP) is 4.79. The van der Waals surface area contributed by atoms with Crippen molar-refractivity contribution < 1.29 is 9.47 Å².